The lowest BCUT2D eigenvalue weighted by molar-refractivity contribution is -0.315. The Morgan fingerprint density at radius 2 is 1.29 bits per heavy atom. The van der Waals surface area contributed by atoms with Crippen molar-refractivity contribution in [3.05, 3.63) is 0 Å². The van der Waals surface area contributed by atoms with Gasteiger partial charge in [0.2, 0.25) is 0 Å². The zero-order chi connectivity index (χ0) is 37.4. The number of rotatable bonds is 14. The quantitative estimate of drug-likeness (QED) is 0.131. The van der Waals surface area contributed by atoms with Gasteiger partial charge in [0, 0.05) is 5.41 Å². The first-order valence-corrected chi connectivity index (χ1v) is 17.9. The molecule has 2 saturated heterocycles. The summed E-state index contributed by atoms with van der Waals surface area (Å²) in [4.78, 5) is 12.4. The highest BCUT2D eigenvalue weighted by Crippen LogP contribution is 2.46. The molecule has 18 nitrogen and oxygen atoms in total. The molecule has 0 aromatic heterocycles. The molecule has 0 amide bonds. The minimum atomic E-state index is -5.27. The highest BCUT2D eigenvalue weighted by Gasteiger charge is 2.60. The summed E-state index contributed by atoms with van der Waals surface area (Å²) in [6.07, 6.45) is -14.9. The van der Waals surface area contributed by atoms with Crippen molar-refractivity contribution in [2.24, 2.45) is 22.0 Å². The van der Waals surface area contributed by atoms with Crippen LogP contribution in [0.4, 0.5) is 0 Å². The second-order valence-corrected chi connectivity index (χ2v) is 17.8. The number of aliphatic hydroxyl groups is 2. The van der Waals surface area contributed by atoms with Crippen LogP contribution in [0.5, 0.6) is 0 Å². The molecule has 284 valence electrons. The number of aliphatic hydroxyl groups excluding tert-OH is 2. The summed E-state index contributed by atoms with van der Waals surface area (Å²) in [6.45, 7) is 15.9. The molecule has 2 aliphatic heterocycles. The molecule has 2 aliphatic rings. The van der Waals surface area contributed by atoms with E-state index in [1.54, 1.807) is 20.8 Å². The fourth-order valence-electron chi connectivity index (χ4n) is 5.11. The molecule has 0 aliphatic carbocycles. The molecule has 0 spiro atoms. The van der Waals surface area contributed by atoms with Crippen molar-refractivity contribution in [2.45, 2.75) is 136 Å². The van der Waals surface area contributed by atoms with Gasteiger partial charge in [-0.05, 0) is 24.7 Å². The summed E-state index contributed by atoms with van der Waals surface area (Å²) in [5.41, 5.74) is 2.17. The van der Waals surface area contributed by atoms with Crippen LogP contribution in [0.15, 0.2) is 0 Å². The summed E-state index contributed by atoms with van der Waals surface area (Å²) >= 11 is 0. The second kappa shape index (κ2) is 15.2. The predicted molar refractivity (Wildman–Crippen MR) is 166 cm³/mol. The summed E-state index contributed by atoms with van der Waals surface area (Å²) in [5.74, 6) is -1.55. The van der Waals surface area contributed by atoms with Crippen LogP contribution in [0.25, 0.3) is 0 Å². The highest BCUT2D eigenvalue weighted by atomic mass is 32.3. The van der Waals surface area contributed by atoms with Crippen molar-refractivity contribution in [3.8, 4) is 0 Å². The summed E-state index contributed by atoms with van der Waals surface area (Å²) in [6, 6.07) is -1.25. The van der Waals surface area contributed by atoms with Gasteiger partial charge in [0.15, 0.2) is 12.4 Å². The third kappa shape index (κ3) is 11.7. The molecule has 20 heteroatoms. The molecule has 7 N–H and O–H groups in total. The Morgan fingerprint density at radius 3 is 1.75 bits per heavy atom. The molecular formula is C28H53NO17S2. The summed E-state index contributed by atoms with van der Waals surface area (Å²) in [7, 11) is -10.3. The van der Waals surface area contributed by atoms with Crippen molar-refractivity contribution < 1.29 is 78.1 Å². The number of aliphatic carboxylic acids is 1. The van der Waals surface area contributed by atoms with Crippen molar-refractivity contribution in [2.75, 3.05) is 19.8 Å². The average Bonchev–Trinajstić information content (AvgIpc) is 2.87. The van der Waals surface area contributed by atoms with Gasteiger partial charge in [0.25, 0.3) is 0 Å². The largest absolute Gasteiger partial charge is 0.479 e. The first kappa shape index (κ1) is 43.1. The van der Waals surface area contributed by atoms with Gasteiger partial charge in [-0.15, -0.1) is 0 Å². The fourth-order valence-corrected chi connectivity index (χ4v) is 5.91. The van der Waals surface area contributed by atoms with Gasteiger partial charge in [-0.2, -0.15) is 16.8 Å². The second-order valence-electron chi connectivity index (χ2n) is 15.6. The Labute approximate surface area is 282 Å². The molecule has 0 radical (unpaired) electrons. The van der Waals surface area contributed by atoms with E-state index in [-0.39, 0.29) is 18.6 Å². The van der Waals surface area contributed by atoms with E-state index in [1.807, 2.05) is 20.8 Å². The lowest BCUT2D eigenvalue weighted by Crippen LogP contribution is -2.69. The Bertz CT molecular complexity index is 1310. The molecular weight excluding hydrogens is 686 g/mol. The number of hydrogen-bond acceptors (Lipinski definition) is 15. The van der Waals surface area contributed by atoms with Gasteiger partial charge in [0.05, 0.1) is 37.6 Å². The monoisotopic (exact) mass is 739 g/mol. The van der Waals surface area contributed by atoms with Crippen LogP contribution in [0.3, 0.4) is 0 Å². The van der Waals surface area contributed by atoms with Crippen molar-refractivity contribution in [1.82, 2.24) is 0 Å². The SMILES string of the molecule is CC(C)(C)CO[C@@H]1OC(COS(=O)(=O)O)[C@@H](OC(C)(C)C(C)(C)[C@@H]2OC(C(=O)O)[C@@H](OCC(C)(C)C)C(O)C2OS(=O)(=O)O)C(O)C1N. The number of nitrogens with two attached hydrogens (primary N) is 1. The first-order chi connectivity index (χ1) is 21.4. The number of ether oxygens (including phenoxy) is 5. The van der Waals surface area contributed by atoms with E-state index < -0.39 is 111 Å². The van der Waals surface area contributed by atoms with Crippen molar-refractivity contribution in [1.29, 1.82) is 0 Å². The minimum Gasteiger partial charge on any atom is -0.479 e. The fraction of sp³-hybridized carbons (Fsp3) is 0.964. The Morgan fingerprint density at radius 1 is 0.771 bits per heavy atom. The van der Waals surface area contributed by atoms with Crippen LogP contribution < -0.4 is 5.73 Å². The van der Waals surface area contributed by atoms with Gasteiger partial charge in [-0.3, -0.25) is 9.11 Å². The van der Waals surface area contributed by atoms with Gasteiger partial charge < -0.3 is 44.7 Å². The van der Waals surface area contributed by atoms with Crippen LogP contribution >= 0.6 is 0 Å². The summed E-state index contributed by atoms with van der Waals surface area (Å²) in [5, 5.41) is 32.7. The van der Waals surface area contributed by atoms with E-state index in [9.17, 15) is 46.1 Å². The molecule has 0 saturated carbocycles. The van der Waals surface area contributed by atoms with Crippen LogP contribution in [0, 0.1) is 16.2 Å². The Kier molecular flexibility index (Phi) is 13.7. The number of carbonyl (C=O) groups is 1. The average molecular weight is 740 g/mol. The van der Waals surface area contributed by atoms with Gasteiger partial charge in [-0.25, -0.2) is 13.2 Å². The molecule has 2 fully saturated rings. The van der Waals surface area contributed by atoms with E-state index in [4.69, 9.17) is 33.6 Å². The molecule has 48 heavy (non-hydrogen) atoms. The van der Waals surface area contributed by atoms with E-state index in [0.717, 1.165) is 0 Å². The van der Waals surface area contributed by atoms with Crippen molar-refractivity contribution in [3.63, 3.8) is 0 Å². The van der Waals surface area contributed by atoms with Gasteiger partial charge in [-0.1, -0.05) is 55.4 Å². The molecule has 0 aromatic carbocycles. The molecule has 0 aromatic rings. The zero-order valence-electron chi connectivity index (χ0n) is 28.9. The lowest BCUT2D eigenvalue weighted by Gasteiger charge is -2.55. The van der Waals surface area contributed by atoms with Crippen LogP contribution in [-0.4, -0.2) is 134 Å². The van der Waals surface area contributed by atoms with Crippen molar-refractivity contribution >= 4 is 26.8 Å². The minimum absolute atomic E-state index is 0.0730. The molecule has 0 bridgehead atoms. The number of carboxylic acid groups (broad SMARTS) is 1. The molecule has 2 heterocycles. The number of hydrogen-bond donors (Lipinski definition) is 6. The highest BCUT2D eigenvalue weighted by molar-refractivity contribution is 7.81. The van der Waals surface area contributed by atoms with E-state index in [0.29, 0.717) is 0 Å². The Hall–Kier alpha value is -1.11. The maximum Gasteiger partial charge on any atom is 0.397 e. The standard InChI is InChI=1S/C28H53NO17S2/c1-25(2,3)12-40-19-17(31)20(46-48(37,38)39)22(44-21(19)23(32)33)27(7,8)28(9,10)45-18-14(11-42-47(34,35)36)43-24(15(29)16(18)30)41-13-26(4,5)6/h14-22,24,30-31H,11-13,29H2,1-10H3,(H,32,33)(H,34,35,36)(H,37,38,39)/t14?,15?,16?,17?,18-,19+,20?,21?,22-,24-/m1/s1. The maximum absolute atomic E-state index is 12.4. The smallest absolute Gasteiger partial charge is 0.397 e. The zero-order valence-corrected chi connectivity index (χ0v) is 30.6. The lowest BCUT2D eigenvalue weighted by atomic mass is 9.68. The third-order valence-corrected chi connectivity index (χ3v) is 9.12. The first-order valence-electron chi connectivity index (χ1n) is 15.2. The molecule has 6 unspecified atom stereocenters. The molecule has 10 atom stereocenters. The number of carboxylic acids is 1. The molecule has 2 rings (SSSR count). The third-order valence-electron chi connectivity index (χ3n) is 8.22. The topological polar surface area (TPSA) is 277 Å². The Balaban J connectivity index is 2.53. The van der Waals surface area contributed by atoms with E-state index in [2.05, 4.69) is 4.18 Å². The van der Waals surface area contributed by atoms with E-state index >= 15 is 0 Å². The van der Waals surface area contributed by atoms with Crippen LogP contribution in [0.2, 0.25) is 0 Å². The van der Waals surface area contributed by atoms with Gasteiger partial charge in [0.1, 0.15) is 36.6 Å². The maximum atomic E-state index is 12.4. The predicted octanol–water partition coefficient (Wildman–Crippen LogP) is 0.304. The van der Waals surface area contributed by atoms with E-state index in [1.165, 1.54) is 27.7 Å². The van der Waals surface area contributed by atoms with Crippen LogP contribution in [0.1, 0.15) is 69.2 Å². The summed E-state index contributed by atoms with van der Waals surface area (Å²) < 4.78 is 105. The van der Waals surface area contributed by atoms with Crippen LogP contribution in [-0.2, 0) is 57.6 Å². The van der Waals surface area contributed by atoms with Gasteiger partial charge >= 0.3 is 26.8 Å². The normalized spacial score (nSPS) is 33.1.